The summed E-state index contributed by atoms with van der Waals surface area (Å²) in [5.74, 6) is 1.42. The normalized spacial score (nSPS) is 10.6. The number of aryl methyl sites for hydroxylation is 2. The average molecular weight is 286 g/mol. The third-order valence-electron chi connectivity index (χ3n) is 3.47. The highest BCUT2D eigenvalue weighted by Crippen LogP contribution is 2.19. The molecule has 1 amide bonds. The van der Waals surface area contributed by atoms with Gasteiger partial charge in [0.05, 0.1) is 5.56 Å². The maximum absolute atomic E-state index is 12.7. The zero-order valence-corrected chi connectivity index (χ0v) is 12.8. The van der Waals surface area contributed by atoms with Crippen molar-refractivity contribution in [3.63, 3.8) is 0 Å². The maximum Gasteiger partial charge on any atom is 0.257 e. The molecule has 2 aromatic rings. The second kappa shape index (κ2) is 6.48. The molecule has 0 saturated carbocycles. The number of hydrogen-bond donors (Lipinski definition) is 1. The molecule has 4 nitrogen and oxygen atoms in total. The fourth-order valence-corrected chi connectivity index (χ4v) is 2.42. The number of para-hydroxylation sites is 1. The molecule has 112 valence electrons. The lowest BCUT2D eigenvalue weighted by Gasteiger charge is -2.22. The van der Waals surface area contributed by atoms with Gasteiger partial charge in [0.15, 0.2) is 0 Å². The smallest absolute Gasteiger partial charge is 0.257 e. The van der Waals surface area contributed by atoms with Crippen LogP contribution in [0.2, 0.25) is 0 Å². The van der Waals surface area contributed by atoms with Gasteiger partial charge in [0, 0.05) is 18.8 Å². The molecule has 0 bridgehead atoms. The van der Waals surface area contributed by atoms with E-state index in [1.54, 1.807) is 6.07 Å². The van der Waals surface area contributed by atoms with Crippen LogP contribution >= 0.6 is 0 Å². The lowest BCUT2D eigenvalue weighted by molar-refractivity contribution is 0.0742. The number of amides is 1. The van der Waals surface area contributed by atoms with Crippen molar-refractivity contribution in [3.8, 4) is 0 Å². The van der Waals surface area contributed by atoms with E-state index in [1.807, 2.05) is 43.0 Å². The molecular weight excluding hydrogens is 264 g/mol. The Balaban J connectivity index is 2.24. The predicted octanol–water partition coefficient (Wildman–Crippen LogP) is 3.53. The number of furan rings is 1. The molecule has 0 atom stereocenters. The fourth-order valence-electron chi connectivity index (χ4n) is 2.42. The number of benzene rings is 1. The van der Waals surface area contributed by atoms with E-state index in [9.17, 15) is 4.79 Å². The van der Waals surface area contributed by atoms with E-state index in [-0.39, 0.29) is 5.91 Å². The van der Waals surface area contributed by atoms with Gasteiger partial charge in [-0.25, -0.2) is 0 Å². The van der Waals surface area contributed by atoms with Crippen LogP contribution in [0.25, 0.3) is 0 Å². The molecule has 1 heterocycles. The number of nitrogens with zero attached hydrogens (tertiary/aromatic N) is 1. The minimum absolute atomic E-state index is 0.00514. The molecular formula is C17H22N2O2. The Bertz CT molecular complexity index is 631. The van der Waals surface area contributed by atoms with Crippen LogP contribution in [0.4, 0.5) is 5.69 Å². The standard InChI is InChI=1S/C17H22N2O2/c1-4-9-19(11-14-7-5-6-8-16(14)18)17(20)15-10-12(2)21-13(15)3/h5-8,10H,4,9,11,18H2,1-3H3. The number of nitrogen functional groups attached to an aromatic ring is 1. The summed E-state index contributed by atoms with van der Waals surface area (Å²) in [6.07, 6.45) is 0.897. The highest BCUT2D eigenvalue weighted by atomic mass is 16.3. The van der Waals surface area contributed by atoms with Gasteiger partial charge in [-0.2, -0.15) is 0 Å². The maximum atomic E-state index is 12.7. The summed E-state index contributed by atoms with van der Waals surface area (Å²) in [4.78, 5) is 14.5. The summed E-state index contributed by atoms with van der Waals surface area (Å²) in [5.41, 5.74) is 8.30. The van der Waals surface area contributed by atoms with Crippen LogP contribution < -0.4 is 5.73 Å². The molecule has 0 saturated heterocycles. The van der Waals surface area contributed by atoms with Crippen molar-refractivity contribution >= 4 is 11.6 Å². The topological polar surface area (TPSA) is 59.5 Å². The first-order valence-electron chi connectivity index (χ1n) is 7.22. The highest BCUT2D eigenvalue weighted by Gasteiger charge is 2.20. The highest BCUT2D eigenvalue weighted by molar-refractivity contribution is 5.95. The van der Waals surface area contributed by atoms with E-state index in [0.717, 1.165) is 17.7 Å². The number of carbonyl (C=O) groups excluding carboxylic acids is 1. The zero-order chi connectivity index (χ0) is 15.4. The van der Waals surface area contributed by atoms with Gasteiger partial charge < -0.3 is 15.1 Å². The number of hydrogen-bond acceptors (Lipinski definition) is 3. The largest absolute Gasteiger partial charge is 0.466 e. The van der Waals surface area contributed by atoms with Gasteiger partial charge in [0.25, 0.3) is 5.91 Å². The minimum Gasteiger partial charge on any atom is -0.466 e. The Labute approximate surface area is 125 Å². The molecule has 21 heavy (non-hydrogen) atoms. The van der Waals surface area contributed by atoms with Crippen molar-refractivity contribution in [1.29, 1.82) is 0 Å². The molecule has 0 unspecified atom stereocenters. The van der Waals surface area contributed by atoms with Crippen molar-refractivity contribution in [2.75, 3.05) is 12.3 Å². The molecule has 1 aromatic carbocycles. The van der Waals surface area contributed by atoms with E-state index >= 15 is 0 Å². The van der Waals surface area contributed by atoms with Gasteiger partial charge in [-0.05, 0) is 38.0 Å². The van der Waals surface area contributed by atoms with Crippen LogP contribution in [0.15, 0.2) is 34.7 Å². The van der Waals surface area contributed by atoms with E-state index in [0.29, 0.717) is 30.1 Å². The second-order valence-corrected chi connectivity index (χ2v) is 5.25. The molecule has 0 spiro atoms. The van der Waals surface area contributed by atoms with Gasteiger partial charge in [-0.3, -0.25) is 4.79 Å². The van der Waals surface area contributed by atoms with Crippen molar-refractivity contribution in [1.82, 2.24) is 4.90 Å². The van der Waals surface area contributed by atoms with Gasteiger partial charge in [0.2, 0.25) is 0 Å². The van der Waals surface area contributed by atoms with Crippen LogP contribution in [0.5, 0.6) is 0 Å². The van der Waals surface area contributed by atoms with Crippen LogP contribution in [-0.4, -0.2) is 17.4 Å². The molecule has 0 aliphatic rings. The molecule has 0 fully saturated rings. The third-order valence-corrected chi connectivity index (χ3v) is 3.47. The van der Waals surface area contributed by atoms with Crippen molar-refractivity contribution < 1.29 is 9.21 Å². The monoisotopic (exact) mass is 286 g/mol. The van der Waals surface area contributed by atoms with Crippen molar-refractivity contribution in [2.45, 2.75) is 33.7 Å². The Kier molecular flexibility index (Phi) is 4.68. The number of carbonyl (C=O) groups is 1. The molecule has 4 heteroatoms. The molecule has 0 aliphatic heterocycles. The fraction of sp³-hybridized carbons (Fsp3) is 0.353. The van der Waals surface area contributed by atoms with Crippen molar-refractivity contribution in [2.24, 2.45) is 0 Å². The first-order chi connectivity index (χ1) is 10.0. The van der Waals surface area contributed by atoms with Crippen LogP contribution in [0.1, 0.15) is 40.8 Å². The van der Waals surface area contributed by atoms with Crippen molar-refractivity contribution in [3.05, 3.63) is 53.0 Å². The minimum atomic E-state index is -0.00514. The van der Waals surface area contributed by atoms with Gasteiger partial charge >= 0.3 is 0 Å². The molecule has 1 aromatic heterocycles. The summed E-state index contributed by atoms with van der Waals surface area (Å²) in [7, 11) is 0. The Hall–Kier alpha value is -2.23. The summed E-state index contributed by atoms with van der Waals surface area (Å²) < 4.78 is 5.47. The van der Waals surface area contributed by atoms with Crippen LogP contribution in [-0.2, 0) is 6.54 Å². The molecule has 0 aliphatic carbocycles. The Morgan fingerprint density at radius 2 is 2.00 bits per heavy atom. The summed E-state index contributed by atoms with van der Waals surface area (Å²) in [5, 5.41) is 0. The Morgan fingerprint density at radius 1 is 1.29 bits per heavy atom. The number of rotatable bonds is 5. The zero-order valence-electron chi connectivity index (χ0n) is 12.8. The van der Waals surface area contributed by atoms with E-state index in [1.165, 1.54) is 0 Å². The van der Waals surface area contributed by atoms with Crippen LogP contribution in [0, 0.1) is 13.8 Å². The first kappa shape index (κ1) is 15.2. The van der Waals surface area contributed by atoms with Crippen LogP contribution in [0.3, 0.4) is 0 Å². The Morgan fingerprint density at radius 3 is 2.57 bits per heavy atom. The second-order valence-electron chi connectivity index (χ2n) is 5.25. The van der Waals surface area contributed by atoms with Gasteiger partial charge in [0.1, 0.15) is 11.5 Å². The van der Waals surface area contributed by atoms with Gasteiger partial charge in [-0.15, -0.1) is 0 Å². The van der Waals surface area contributed by atoms with E-state index < -0.39 is 0 Å². The van der Waals surface area contributed by atoms with Gasteiger partial charge in [-0.1, -0.05) is 25.1 Å². The lowest BCUT2D eigenvalue weighted by Crippen LogP contribution is -2.31. The molecule has 0 radical (unpaired) electrons. The average Bonchev–Trinajstić information content (AvgIpc) is 2.79. The molecule has 2 rings (SSSR count). The van der Waals surface area contributed by atoms with E-state index in [4.69, 9.17) is 10.2 Å². The molecule has 2 N–H and O–H groups in total. The number of anilines is 1. The SMILES string of the molecule is CCCN(Cc1ccccc1N)C(=O)c1cc(C)oc1C. The first-order valence-corrected chi connectivity index (χ1v) is 7.22. The quantitative estimate of drug-likeness (QED) is 0.855. The summed E-state index contributed by atoms with van der Waals surface area (Å²) in [6.45, 7) is 6.94. The van der Waals surface area contributed by atoms with E-state index in [2.05, 4.69) is 6.92 Å². The summed E-state index contributed by atoms with van der Waals surface area (Å²) >= 11 is 0. The third kappa shape index (κ3) is 3.45. The predicted molar refractivity (Wildman–Crippen MR) is 84.1 cm³/mol. The number of nitrogens with two attached hydrogens (primary N) is 1. The summed E-state index contributed by atoms with van der Waals surface area (Å²) in [6, 6.07) is 9.45. The lowest BCUT2D eigenvalue weighted by atomic mass is 10.1.